The van der Waals surface area contributed by atoms with Gasteiger partial charge in [0.1, 0.15) is 11.4 Å². The van der Waals surface area contributed by atoms with E-state index in [1.807, 2.05) is 4.72 Å². The van der Waals surface area contributed by atoms with Crippen LogP contribution in [0.5, 0.6) is 0 Å². The molecule has 7 nitrogen and oxygen atoms in total. The van der Waals surface area contributed by atoms with Crippen molar-refractivity contribution in [2.75, 3.05) is 13.2 Å². The van der Waals surface area contributed by atoms with Gasteiger partial charge in [-0.15, -0.1) is 0 Å². The lowest BCUT2D eigenvalue weighted by atomic mass is 10.4. The Balaban J connectivity index is 2.84. The fourth-order valence-electron chi connectivity index (χ4n) is 1.21. The van der Waals surface area contributed by atoms with Crippen molar-refractivity contribution in [1.29, 1.82) is 0 Å². The van der Waals surface area contributed by atoms with Crippen molar-refractivity contribution in [2.45, 2.75) is 4.90 Å². The number of hydrogen-bond donors (Lipinski definition) is 2. The van der Waals surface area contributed by atoms with Crippen molar-refractivity contribution in [2.24, 2.45) is 5.73 Å². The summed E-state index contributed by atoms with van der Waals surface area (Å²) in [4.78, 5) is 21.3. The van der Waals surface area contributed by atoms with Crippen molar-refractivity contribution in [3.05, 3.63) is 26.7 Å². The van der Waals surface area contributed by atoms with Gasteiger partial charge in [-0.25, -0.2) is 8.42 Å². The average molecular weight is 420 g/mol. The first-order valence-corrected chi connectivity index (χ1v) is 8.25. The number of ether oxygens (including phenoxy) is 1. The first-order chi connectivity index (χ1) is 9.63. The summed E-state index contributed by atoms with van der Waals surface area (Å²) < 4.78 is 30.9. The van der Waals surface area contributed by atoms with E-state index in [4.69, 9.17) is 28.9 Å². The number of rotatable bonds is 6. The number of carbonyl (C=O) groups excluding carboxylic acids is 2. The van der Waals surface area contributed by atoms with E-state index >= 15 is 0 Å². The molecule has 21 heavy (non-hydrogen) atoms. The molecule has 0 saturated heterocycles. The van der Waals surface area contributed by atoms with Gasteiger partial charge in [0.05, 0.1) is 10.0 Å². The van der Waals surface area contributed by atoms with Crippen LogP contribution in [-0.4, -0.2) is 33.4 Å². The molecular weight excluding hydrogens is 411 g/mol. The lowest BCUT2D eigenvalue weighted by Gasteiger charge is -2.10. The van der Waals surface area contributed by atoms with E-state index in [1.165, 1.54) is 12.1 Å². The highest BCUT2D eigenvalue weighted by molar-refractivity contribution is 9.10. The Labute approximate surface area is 138 Å². The SMILES string of the molecule is NC(=O)COC(=O)CNS(=O)(=O)c1c(Cl)cc(Br)cc1Cl. The van der Waals surface area contributed by atoms with Crippen LogP contribution in [0.1, 0.15) is 0 Å². The molecule has 0 spiro atoms. The van der Waals surface area contributed by atoms with Crippen LogP contribution in [0.2, 0.25) is 10.0 Å². The van der Waals surface area contributed by atoms with E-state index in [0.29, 0.717) is 4.47 Å². The summed E-state index contributed by atoms with van der Waals surface area (Å²) in [7, 11) is -4.12. The van der Waals surface area contributed by atoms with Gasteiger partial charge in [-0.1, -0.05) is 39.1 Å². The van der Waals surface area contributed by atoms with Gasteiger partial charge in [-0.2, -0.15) is 4.72 Å². The Morgan fingerprint density at radius 2 is 1.81 bits per heavy atom. The minimum Gasteiger partial charge on any atom is -0.455 e. The van der Waals surface area contributed by atoms with Crippen LogP contribution < -0.4 is 10.5 Å². The second kappa shape index (κ2) is 7.41. The molecule has 0 heterocycles. The molecule has 0 aliphatic heterocycles. The highest BCUT2D eigenvalue weighted by Gasteiger charge is 2.23. The highest BCUT2D eigenvalue weighted by Crippen LogP contribution is 2.32. The number of nitrogens with one attached hydrogen (secondary N) is 1. The number of halogens is 3. The molecule has 1 amide bonds. The molecule has 0 unspecified atom stereocenters. The lowest BCUT2D eigenvalue weighted by molar-refractivity contribution is -0.146. The van der Waals surface area contributed by atoms with Crippen LogP contribution in [0.4, 0.5) is 0 Å². The minimum absolute atomic E-state index is 0.118. The van der Waals surface area contributed by atoms with Crippen molar-refractivity contribution in [3.63, 3.8) is 0 Å². The largest absolute Gasteiger partial charge is 0.455 e. The monoisotopic (exact) mass is 418 g/mol. The third-order valence-corrected chi connectivity index (χ3v) is 4.79. The number of primary amides is 1. The van der Waals surface area contributed by atoms with Gasteiger partial charge in [0.15, 0.2) is 6.61 Å². The molecule has 3 N–H and O–H groups in total. The van der Waals surface area contributed by atoms with Crippen molar-refractivity contribution in [1.82, 2.24) is 4.72 Å². The standard InChI is InChI=1S/C10H9BrCl2N2O5S/c11-5-1-6(12)10(7(13)2-5)21(18,19)15-3-9(17)20-4-8(14)16/h1-2,15H,3-4H2,(H2,14,16). The third kappa shape index (κ3) is 5.44. The first-order valence-electron chi connectivity index (χ1n) is 5.21. The molecule has 1 rings (SSSR count). The second-order valence-corrected chi connectivity index (χ2v) is 7.08. The maximum atomic E-state index is 12.0. The van der Waals surface area contributed by atoms with E-state index in [0.717, 1.165) is 0 Å². The number of carbonyl (C=O) groups is 2. The minimum atomic E-state index is -4.12. The summed E-state index contributed by atoms with van der Waals surface area (Å²) in [6, 6.07) is 2.68. The van der Waals surface area contributed by atoms with E-state index < -0.39 is 35.1 Å². The summed E-state index contributed by atoms with van der Waals surface area (Å²) in [5.74, 6) is -1.83. The Morgan fingerprint density at radius 1 is 1.29 bits per heavy atom. The van der Waals surface area contributed by atoms with Crippen molar-refractivity contribution in [3.8, 4) is 0 Å². The van der Waals surface area contributed by atoms with E-state index in [1.54, 1.807) is 0 Å². The molecule has 1 aromatic carbocycles. The molecule has 0 saturated carbocycles. The molecule has 0 atom stereocenters. The fraction of sp³-hybridized carbons (Fsp3) is 0.200. The summed E-state index contributed by atoms with van der Waals surface area (Å²) >= 11 is 14.8. The number of esters is 1. The van der Waals surface area contributed by atoms with E-state index in [9.17, 15) is 18.0 Å². The van der Waals surface area contributed by atoms with E-state index in [2.05, 4.69) is 20.7 Å². The molecule has 0 aliphatic rings. The molecule has 0 aromatic heterocycles. The quantitative estimate of drug-likeness (QED) is 0.669. The molecular formula is C10H9BrCl2N2O5S. The highest BCUT2D eigenvalue weighted by atomic mass is 79.9. The van der Waals surface area contributed by atoms with Gasteiger partial charge < -0.3 is 10.5 Å². The lowest BCUT2D eigenvalue weighted by Crippen LogP contribution is -2.32. The van der Waals surface area contributed by atoms with Gasteiger partial charge in [-0.05, 0) is 12.1 Å². The maximum absolute atomic E-state index is 12.0. The number of amides is 1. The zero-order chi connectivity index (χ0) is 16.2. The molecule has 0 aliphatic carbocycles. The molecule has 0 radical (unpaired) electrons. The zero-order valence-electron chi connectivity index (χ0n) is 10.2. The molecule has 11 heteroatoms. The summed E-state index contributed by atoms with van der Waals surface area (Å²) in [6.07, 6.45) is 0. The Bertz CT molecular complexity index is 657. The Kier molecular flexibility index (Phi) is 6.41. The van der Waals surface area contributed by atoms with Gasteiger partial charge in [0.2, 0.25) is 10.0 Å². The predicted molar refractivity (Wildman–Crippen MR) is 79.5 cm³/mol. The average Bonchev–Trinajstić information content (AvgIpc) is 2.32. The van der Waals surface area contributed by atoms with Crippen LogP contribution in [0, 0.1) is 0 Å². The second-order valence-electron chi connectivity index (χ2n) is 3.65. The summed E-state index contributed by atoms with van der Waals surface area (Å²) in [6.45, 7) is -1.33. The summed E-state index contributed by atoms with van der Waals surface area (Å²) in [5.41, 5.74) is 4.77. The summed E-state index contributed by atoms with van der Waals surface area (Å²) in [5, 5.41) is -0.236. The number of benzene rings is 1. The molecule has 116 valence electrons. The maximum Gasteiger partial charge on any atom is 0.321 e. The Hall–Kier alpha value is -0.870. The number of sulfonamides is 1. The number of nitrogens with two attached hydrogens (primary N) is 1. The van der Waals surface area contributed by atoms with Crippen LogP contribution >= 0.6 is 39.1 Å². The third-order valence-electron chi connectivity index (χ3n) is 2.01. The van der Waals surface area contributed by atoms with Crippen molar-refractivity contribution < 1.29 is 22.7 Å². The molecule has 0 bridgehead atoms. The van der Waals surface area contributed by atoms with Crippen molar-refractivity contribution >= 4 is 61.0 Å². The topological polar surface area (TPSA) is 116 Å². The zero-order valence-corrected chi connectivity index (χ0v) is 14.1. The van der Waals surface area contributed by atoms with Crippen LogP contribution in [0.15, 0.2) is 21.5 Å². The molecule has 1 aromatic rings. The van der Waals surface area contributed by atoms with Gasteiger partial charge >= 0.3 is 5.97 Å². The van der Waals surface area contributed by atoms with Gasteiger partial charge in [-0.3, -0.25) is 9.59 Å². The smallest absolute Gasteiger partial charge is 0.321 e. The molecule has 0 fully saturated rings. The normalized spacial score (nSPS) is 11.2. The van der Waals surface area contributed by atoms with Crippen LogP contribution in [0.25, 0.3) is 0 Å². The Morgan fingerprint density at radius 3 is 2.29 bits per heavy atom. The van der Waals surface area contributed by atoms with E-state index in [-0.39, 0.29) is 14.9 Å². The van der Waals surface area contributed by atoms with Crippen LogP contribution in [0.3, 0.4) is 0 Å². The first kappa shape index (κ1) is 18.2. The van der Waals surface area contributed by atoms with Gasteiger partial charge in [0.25, 0.3) is 5.91 Å². The van der Waals surface area contributed by atoms with Gasteiger partial charge in [0, 0.05) is 4.47 Å². The predicted octanol–water partition coefficient (Wildman–Crippen LogP) is 1.06. The fourth-order valence-corrected chi connectivity index (χ4v) is 4.12. The van der Waals surface area contributed by atoms with Crippen LogP contribution in [-0.2, 0) is 24.3 Å². The number of hydrogen-bond acceptors (Lipinski definition) is 5.